The Bertz CT molecular complexity index is 464. The maximum atomic E-state index is 11.2. The number of carbonyl (C=O) groups excluding carboxylic acids is 1. The molecule has 2 rings (SSSR count). The third kappa shape index (κ3) is 1.83. The molecule has 1 amide bonds. The number of aromatic nitrogens is 4. The fourth-order valence-electron chi connectivity index (χ4n) is 1.09. The van der Waals surface area contributed by atoms with Gasteiger partial charge in [0, 0.05) is 7.05 Å². The molecule has 2 aromatic rings. The van der Waals surface area contributed by atoms with Crippen molar-refractivity contribution in [1.29, 1.82) is 0 Å². The van der Waals surface area contributed by atoms with E-state index in [9.17, 15) is 4.79 Å². The molecule has 0 saturated carbocycles. The number of para-hydroxylation sites is 1. The minimum absolute atomic E-state index is 0.0568. The Labute approximate surface area is 85.9 Å². The van der Waals surface area contributed by atoms with E-state index in [-0.39, 0.29) is 11.7 Å². The zero-order valence-corrected chi connectivity index (χ0v) is 8.08. The van der Waals surface area contributed by atoms with Gasteiger partial charge in [0.25, 0.3) is 11.7 Å². The van der Waals surface area contributed by atoms with Gasteiger partial charge < -0.3 is 5.32 Å². The molecule has 76 valence electrons. The molecule has 0 aliphatic rings. The zero-order valence-electron chi connectivity index (χ0n) is 8.08. The van der Waals surface area contributed by atoms with Gasteiger partial charge in [0.2, 0.25) is 0 Å². The van der Waals surface area contributed by atoms with Crippen LogP contribution in [-0.2, 0) is 0 Å². The van der Waals surface area contributed by atoms with Crippen LogP contribution >= 0.6 is 0 Å². The molecular formula is C9H9N5O. The molecule has 1 N–H and O–H groups in total. The molecule has 0 bridgehead atoms. The number of rotatable bonds is 2. The van der Waals surface area contributed by atoms with Gasteiger partial charge in [-0.05, 0) is 17.3 Å². The molecule has 0 saturated heterocycles. The monoisotopic (exact) mass is 203 g/mol. The predicted octanol–water partition coefficient (Wildman–Crippen LogP) is 0.0219. The summed E-state index contributed by atoms with van der Waals surface area (Å²) in [4.78, 5) is 12.5. The molecule has 6 nitrogen and oxygen atoms in total. The predicted molar refractivity (Wildman–Crippen MR) is 52.5 cm³/mol. The first kappa shape index (κ1) is 9.32. The summed E-state index contributed by atoms with van der Waals surface area (Å²) in [6.45, 7) is 0. The Morgan fingerprint density at radius 3 is 2.73 bits per heavy atom. The second-order valence-electron chi connectivity index (χ2n) is 2.82. The molecular weight excluding hydrogens is 194 g/mol. The molecule has 0 fully saturated rings. The molecule has 0 spiro atoms. The lowest BCUT2D eigenvalue weighted by Gasteiger charge is -1.95. The van der Waals surface area contributed by atoms with Crippen LogP contribution in [-0.4, -0.2) is 33.2 Å². The van der Waals surface area contributed by atoms with Crippen molar-refractivity contribution in [3.8, 4) is 5.69 Å². The number of hydrogen-bond acceptors (Lipinski definition) is 4. The van der Waals surface area contributed by atoms with Crippen molar-refractivity contribution in [2.24, 2.45) is 0 Å². The number of nitrogens with one attached hydrogen (secondary N) is 1. The highest BCUT2D eigenvalue weighted by Gasteiger charge is 2.10. The van der Waals surface area contributed by atoms with Gasteiger partial charge in [0.05, 0.1) is 5.69 Å². The van der Waals surface area contributed by atoms with Crippen molar-refractivity contribution in [3.05, 3.63) is 36.2 Å². The van der Waals surface area contributed by atoms with Gasteiger partial charge in [-0.1, -0.05) is 18.2 Å². The average molecular weight is 203 g/mol. The standard InChI is InChI=1S/C9H9N5O/c1-10-9(15)8-11-13-14(12-8)7-5-3-2-4-6-7/h2-6H,1H3,(H,10,15). The van der Waals surface area contributed by atoms with Crippen molar-refractivity contribution in [1.82, 2.24) is 25.5 Å². The Kier molecular flexibility index (Phi) is 2.40. The molecule has 0 aliphatic carbocycles. The Balaban J connectivity index is 2.32. The van der Waals surface area contributed by atoms with Gasteiger partial charge in [0.15, 0.2) is 0 Å². The minimum atomic E-state index is -0.350. The lowest BCUT2D eigenvalue weighted by atomic mass is 10.3. The van der Waals surface area contributed by atoms with E-state index < -0.39 is 0 Å². The highest BCUT2D eigenvalue weighted by molar-refractivity contribution is 5.89. The summed E-state index contributed by atoms with van der Waals surface area (Å²) < 4.78 is 0. The van der Waals surface area contributed by atoms with Crippen molar-refractivity contribution in [2.45, 2.75) is 0 Å². The van der Waals surface area contributed by atoms with Gasteiger partial charge in [-0.15, -0.1) is 15.0 Å². The van der Waals surface area contributed by atoms with Gasteiger partial charge in [-0.2, -0.15) is 0 Å². The lowest BCUT2D eigenvalue weighted by Crippen LogP contribution is -2.19. The van der Waals surface area contributed by atoms with Crippen molar-refractivity contribution in [3.63, 3.8) is 0 Å². The van der Waals surface area contributed by atoms with Crippen LogP contribution in [0.5, 0.6) is 0 Å². The van der Waals surface area contributed by atoms with E-state index in [1.165, 1.54) is 11.8 Å². The third-order valence-corrected chi connectivity index (χ3v) is 1.83. The van der Waals surface area contributed by atoms with Crippen LogP contribution in [0.25, 0.3) is 5.69 Å². The summed E-state index contributed by atoms with van der Waals surface area (Å²) in [6, 6.07) is 9.27. The molecule has 1 heterocycles. The number of nitrogens with zero attached hydrogens (tertiary/aromatic N) is 4. The van der Waals surface area contributed by atoms with E-state index in [1.54, 1.807) is 0 Å². The van der Waals surface area contributed by atoms with Crippen LogP contribution in [0.4, 0.5) is 0 Å². The van der Waals surface area contributed by atoms with E-state index in [0.717, 1.165) is 5.69 Å². The summed E-state index contributed by atoms with van der Waals surface area (Å²) in [5, 5.41) is 13.8. The fraction of sp³-hybridized carbons (Fsp3) is 0.111. The number of hydrogen-bond donors (Lipinski definition) is 1. The van der Waals surface area contributed by atoms with Crippen LogP contribution in [0.3, 0.4) is 0 Å². The molecule has 0 aliphatic heterocycles. The Morgan fingerprint density at radius 2 is 2.07 bits per heavy atom. The average Bonchev–Trinajstić information content (AvgIpc) is 2.78. The zero-order chi connectivity index (χ0) is 10.7. The van der Waals surface area contributed by atoms with E-state index >= 15 is 0 Å². The summed E-state index contributed by atoms with van der Waals surface area (Å²) in [5.41, 5.74) is 0.764. The highest BCUT2D eigenvalue weighted by atomic mass is 16.2. The number of benzene rings is 1. The Hall–Kier alpha value is -2.24. The van der Waals surface area contributed by atoms with Crippen molar-refractivity contribution < 1.29 is 4.79 Å². The third-order valence-electron chi connectivity index (χ3n) is 1.83. The summed E-state index contributed by atoms with van der Waals surface area (Å²) in [6.07, 6.45) is 0. The first-order valence-corrected chi connectivity index (χ1v) is 4.39. The SMILES string of the molecule is CNC(=O)c1nnn(-c2ccccc2)n1. The molecule has 6 heteroatoms. The van der Waals surface area contributed by atoms with Crippen LogP contribution in [0.2, 0.25) is 0 Å². The number of amides is 1. The lowest BCUT2D eigenvalue weighted by molar-refractivity contribution is 0.0952. The quantitative estimate of drug-likeness (QED) is 0.746. The van der Waals surface area contributed by atoms with E-state index in [2.05, 4.69) is 20.7 Å². The maximum Gasteiger partial charge on any atom is 0.292 e. The first-order chi connectivity index (χ1) is 7.31. The molecule has 1 aromatic heterocycles. The topological polar surface area (TPSA) is 72.7 Å². The molecule has 0 unspecified atom stereocenters. The van der Waals surface area contributed by atoms with Crippen LogP contribution < -0.4 is 5.32 Å². The maximum absolute atomic E-state index is 11.2. The second-order valence-corrected chi connectivity index (χ2v) is 2.82. The van der Waals surface area contributed by atoms with E-state index in [1.807, 2.05) is 30.3 Å². The molecule has 15 heavy (non-hydrogen) atoms. The Morgan fingerprint density at radius 1 is 1.33 bits per heavy atom. The smallest absolute Gasteiger partial charge is 0.292 e. The largest absolute Gasteiger partial charge is 0.352 e. The van der Waals surface area contributed by atoms with Gasteiger partial charge >= 0.3 is 0 Å². The van der Waals surface area contributed by atoms with Crippen molar-refractivity contribution >= 4 is 5.91 Å². The fourth-order valence-corrected chi connectivity index (χ4v) is 1.09. The molecule has 1 aromatic carbocycles. The second kappa shape index (κ2) is 3.87. The normalized spacial score (nSPS) is 9.93. The van der Waals surface area contributed by atoms with Crippen molar-refractivity contribution in [2.75, 3.05) is 7.05 Å². The molecule has 0 radical (unpaired) electrons. The number of tetrazole rings is 1. The molecule has 0 atom stereocenters. The van der Waals surface area contributed by atoms with E-state index in [0.29, 0.717) is 0 Å². The van der Waals surface area contributed by atoms with Gasteiger partial charge in [-0.3, -0.25) is 4.79 Å². The van der Waals surface area contributed by atoms with Crippen LogP contribution in [0.15, 0.2) is 30.3 Å². The van der Waals surface area contributed by atoms with Gasteiger partial charge in [-0.25, -0.2) is 0 Å². The van der Waals surface area contributed by atoms with E-state index in [4.69, 9.17) is 0 Å². The summed E-state index contributed by atoms with van der Waals surface area (Å²) >= 11 is 0. The number of carbonyl (C=O) groups is 1. The first-order valence-electron chi connectivity index (χ1n) is 4.39. The minimum Gasteiger partial charge on any atom is -0.352 e. The summed E-state index contributed by atoms with van der Waals surface area (Å²) in [7, 11) is 1.52. The summed E-state index contributed by atoms with van der Waals surface area (Å²) in [5.74, 6) is -0.293. The van der Waals surface area contributed by atoms with Crippen LogP contribution in [0.1, 0.15) is 10.6 Å². The van der Waals surface area contributed by atoms with Crippen LogP contribution in [0, 0.1) is 0 Å². The van der Waals surface area contributed by atoms with Gasteiger partial charge in [0.1, 0.15) is 0 Å². The highest BCUT2D eigenvalue weighted by Crippen LogP contribution is 2.02.